The average Bonchev–Trinajstić information content (AvgIpc) is 3.82. The lowest BCUT2D eigenvalue weighted by Crippen LogP contribution is -2.36. The van der Waals surface area contributed by atoms with Crippen LogP contribution in [-0.4, -0.2) is 65.7 Å². The lowest BCUT2D eigenvalue weighted by molar-refractivity contribution is 0.0218. The molecule has 4 heterocycles. The molecule has 2 saturated heterocycles. The highest BCUT2D eigenvalue weighted by Gasteiger charge is 2.35. The summed E-state index contributed by atoms with van der Waals surface area (Å²) in [5, 5.41) is 9.40. The van der Waals surface area contributed by atoms with E-state index >= 15 is 0 Å². The van der Waals surface area contributed by atoms with Crippen molar-refractivity contribution in [2.75, 3.05) is 13.1 Å². The number of carboxylic acid groups (broad SMARTS) is 1. The number of imidazole rings is 2. The second-order valence-corrected chi connectivity index (χ2v) is 12.2. The van der Waals surface area contributed by atoms with Crippen molar-refractivity contribution < 1.29 is 19.4 Å². The van der Waals surface area contributed by atoms with Crippen LogP contribution in [0.2, 0.25) is 0 Å². The Labute approximate surface area is 256 Å². The summed E-state index contributed by atoms with van der Waals surface area (Å²) in [6.07, 6.45) is 5.60. The van der Waals surface area contributed by atoms with Gasteiger partial charge < -0.3 is 19.8 Å². The molecule has 10 nitrogen and oxygen atoms in total. The molecule has 4 aromatic rings. The Hall–Kier alpha value is -5.04. The maximum Gasteiger partial charge on any atom is 0.410 e. The number of likely N-dealkylation sites (tertiary alicyclic amines) is 2. The predicted molar refractivity (Wildman–Crippen MR) is 166 cm³/mol. The molecule has 10 heteroatoms. The Kier molecular flexibility index (Phi) is 7.87. The molecule has 44 heavy (non-hydrogen) atoms. The molecule has 0 aliphatic carbocycles. The zero-order valence-corrected chi connectivity index (χ0v) is 25.1. The van der Waals surface area contributed by atoms with Gasteiger partial charge in [0.2, 0.25) is 0 Å². The molecule has 2 aliphatic rings. The van der Waals surface area contributed by atoms with Crippen molar-refractivity contribution in [3.63, 3.8) is 0 Å². The summed E-state index contributed by atoms with van der Waals surface area (Å²) in [5.74, 6) is 7.68. The third-order valence-corrected chi connectivity index (χ3v) is 7.96. The zero-order valence-electron chi connectivity index (χ0n) is 25.1. The van der Waals surface area contributed by atoms with Crippen LogP contribution in [0.4, 0.5) is 9.59 Å². The minimum atomic E-state index is -0.922. The van der Waals surface area contributed by atoms with Crippen molar-refractivity contribution in [2.24, 2.45) is 0 Å². The summed E-state index contributed by atoms with van der Waals surface area (Å²) in [6, 6.07) is 16.0. The number of amides is 2. The average molecular weight is 593 g/mol. The van der Waals surface area contributed by atoms with Crippen molar-refractivity contribution in [3.05, 3.63) is 83.8 Å². The normalized spacial score (nSPS) is 18.2. The highest BCUT2D eigenvalue weighted by molar-refractivity contribution is 5.70. The monoisotopic (exact) mass is 592 g/mol. The number of aromatic amines is 2. The summed E-state index contributed by atoms with van der Waals surface area (Å²) in [7, 11) is 0. The molecule has 6 rings (SSSR count). The van der Waals surface area contributed by atoms with Gasteiger partial charge in [0.05, 0.1) is 30.2 Å². The van der Waals surface area contributed by atoms with Gasteiger partial charge >= 0.3 is 12.2 Å². The first-order valence-corrected chi connectivity index (χ1v) is 15.0. The molecule has 2 fully saturated rings. The molecule has 2 aromatic heterocycles. The van der Waals surface area contributed by atoms with Crippen LogP contribution in [0.3, 0.4) is 0 Å². The number of hydrogen-bond donors (Lipinski definition) is 3. The van der Waals surface area contributed by atoms with Gasteiger partial charge in [-0.1, -0.05) is 42.3 Å². The van der Waals surface area contributed by atoms with Gasteiger partial charge in [0, 0.05) is 18.7 Å². The number of benzene rings is 2. The minimum Gasteiger partial charge on any atom is -0.465 e. The van der Waals surface area contributed by atoms with Crippen molar-refractivity contribution in [2.45, 2.75) is 64.1 Å². The molecule has 2 atom stereocenters. The van der Waals surface area contributed by atoms with Gasteiger partial charge in [-0.25, -0.2) is 19.6 Å². The number of nitrogens with one attached hydrogen (secondary N) is 2. The molecule has 2 unspecified atom stereocenters. The van der Waals surface area contributed by atoms with E-state index in [1.807, 2.05) is 51.2 Å². The van der Waals surface area contributed by atoms with Crippen LogP contribution in [0.1, 0.15) is 81.4 Å². The molecule has 0 spiro atoms. The van der Waals surface area contributed by atoms with Crippen molar-refractivity contribution in [3.8, 4) is 34.2 Å². The number of nitrogens with zero attached hydrogens (tertiary/aromatic N) is 4. The first-order valence-electron chi connectivity index (χ1n) is 15.0. The van der Waals surface area contributed by atoms with Crippen LogP contribution in [0.25, 0.3) is 22.4 Å². The van der Waals surface area contributed by atoms with E-state index in [1.165, 1.54) is 4.90 Å². The second-order valence-electron chi connectivity index (χ2n) is 12.2. The first-order chi connectivity index (χ1) is 21.1. The van der Waals surface area contributed by atoms with Gasteiger partial charge in [0.25, 0.3) is 0 Å². The number of aromatic nitrogens is 4. The number of H-pyrrole nitrogens is 2. The van der Waals surface area contributed by atoms with Crippen LogP contribution in [0, 0.1) is 11.8 Å². The predicted octanol–water partition coefficient (Wildman–Crippen LogP) is 6.75. The fourth-order valence-corrected chi connectivity index (χ4v) is 5.82. The highest BCUT2D eigenvalue weighted by Crippen LogP contribution is 2.33. The Morgan fingerprint density at radius 2 is 1.39 bits per heavy atom. The smallest absolute Gasteiger partial charge is 0.410 e. The molecule has 0 bridgehead atoms. The summed E-state index contributed by atoms with van der Waals surface area (Å²) >= 11 is 0. The SMILES string of the molecule is CC(C)(C)OC(=O)N1CCCC1c1ncc(-c2ccc(-c3ccc(C#Cc4cnc(C5CCCN5C(=O)O)[nH]4)cc3)cc2)[nH]1. The van der Waals surface area contributed by atoms with E-state index in [9.17, 15) is 14.7 Å². The van der Waals surface area contributed by atoms with Gasteiger partial charge in [-0.05, 0) is 81.2 Å². The Balaban J connectivity index is 1.10. The van der Waals surface area contributed by atoms with E-state index in [-0.39, 0.29) is 18.2 Å². The fourth-order valence-electron chi connectivity index (χ4n) is 5.82. The third kappa shape index (κ3) is 6.32. The number of hydrogen-bond acceptors (Lipinski definition) is 5. The fraction of sp³-hybridized carbons (Fsp3) is 0.353. The third-order valence-electron chi connectivity index (χ3n) is 7.96. The van der Waals surface area contributed by atoms with Crippen molar-refractivity contribution in [1.29, 1.82) is 0 Å². The van der Waals surface area contributed by atoms with Gasteiger partial charge in [-0.15, -0.1) is 0 Å². The lowest BCUT2D eigenvalue weighted by Gasteiger charge is -2.27. The molecule has 2 aromatic carbocycles. The van der Waals surface area contributed by atoms with E-state index in [1.54, 1.807) is 11.1 Å². The summed E-state index contributed by atoms with van der Waals surface area (Å²) in [5.41, 5.74) is 5.06. The molecular weight excluding hydrogens is 556 g/mol. The lowest BCUT2D eigenvalue weighted by atomic mass is 10.0. The number of carbonyl (C=O) groups is 2. The Bertz CT molecular complexity index is 1700. The molecule has 0 saturated carbocycles. The number of rotatable bonds is 4. The standard InChI is InChI=1S/C34H36N6O4/c1-34(2,3)44-33(43)40-19-5-7-29(40)31-36-21-27(38-31)25-15-13-24(14-16-25)23-11-8-22(9-12-23)10-17-26-20-35-30(37-26)28-6-4-18-39(28)32(41)42/h8-9,11-16,20-21,28-29H,4-7,18-19H2,1-3H3,(H,35,37)(H,36,38)(H,41,42). The maximum atomic E-state index is 12.7. The summed E-state index contributed by atoms with van der Waals surface area (Å²) in [6.45, 7) is 6.81. The van der Waals surface area contributed by atoms with Crippen LogP contribution < -0.4 is 0 Å². The second kappa shape index (κ2) is 11.9. The van der Waals surface area contributed by atoms with E-state index in [0.717, 1.165) is 59.5 Å². The van der Waals surface area contributed by atoms with Crippen LogP contribution in [0.5, 0.6) is 0 Å². The van der Waals surface area contributed by atoms with Gasteiger partial charge in [0.15, 0.2) is 0 Å². The quantitative estimate of drug-likeness (QED) is 0.225. The van der Waals surface area contributed by atoms with Gasteiger partial charge in [-0.3, -0.25) is 9.80 Å². The van der Waals surface area contributed by atoms with E-state index in [4.69, 9.17) is 4.74 Å². The van der Waals surface area contributed by atoms with E-state index < -0.39 is 11.7 Å². The maximum absolute atomic E-state index is 12.7. The number of carbonyl (C=O) groups excluding carboxylic acids is 1. The molecule has 226 valence electrons. The van der Waals surface area contributed by atoms with E-state index in [0.29, 0.717) is 24.6 Å². The largest absolute Gasteiger partial charge is 0.465 e. The highest BCUT2D eigenvalue weighted by atomic mass is 16.6. The van der Waals surface area contributed by atoms with E-state index in [2.05, 4.69) is 56.0 Å². The molecule has 0 radical (unpaired) electrons. The van der Waals surface area contributed by atoms with Crippen molar-refractivity contribution in [1.82, 2.24) is 29.7 Å². The Morgan fingerprint density at radius 1 is 0.818 bits per heavy atom. The number of ether oxygens (including phenoxy) is 1. The molecule has 2 aliphatic heterocycles. The van der Waals surface area contributed by atoms with Crippen molar-refractivity contribution >= 4 is 12.2 Å². The van der Waals surface area contributed by atoms with Crippen LogP contribution in [0.15, 0.2) is 60.9 Å². The molecule has 2 amide bonds. The summed E-state index contributed by atoms with van der Waals surface area (Å²) in [4.78, 5) is 43.0. The van der Waals surface area contributed by atoms with Gasteiger partial charge in [0.1, 0.15) is 22.9 Å². The molecular formula is C34H36N6O4. The van der Waals surface area contributed by atoms with Gasteiger partial charge in [-0.2, -0.15) is 0 Å². The Morgan fingerprint density at radius 3 is 2.05 bits per heavy atom. The zero-order chi connectivity index (χ0) is 30.8. The first kappa shape index (κ1) is 29.1. The topological polar surface area (TPSA) is 127 Å². The van der Waals surface area contributed by atoms with Crippen LogP contribution in [-0.2, 0) is 4.74 Å². The molecule has 3 N–H and O–H groups in total. The minimum absolute atomic E-state index is 0.121. The summed E-state index contributed by atoms with van der Waals surface area (Å²) < 4.78 is 5.61. The van der Waals surface area contributed by atoms with Crippen LogP contribution >= 0.6 is 0 Å².